The number of carbonyl (C=O) groups excluding carboxylic acids is 3. The Bertz CT molecular complexity index is 1390. The van der Waals surface area contributed by atoms with Gasteiger partial charge in [-0.2, -0.15) is 0 Å². The highest BCUT2D eigenvalue weighted by molar-refractivity contribution is 9.10. The van der Waals surface area contributed by atoms with E-state index in [0.29, 0.717) is 21.4 Å². The van der Waals surface area contributed by atoms with E-state index >= 15 is 0 Å². The molecule has 0 spiro atoms. The second-order valence-electron chi connectivity index (χ2n) is 7.86. The summed E-state index contributed by atoms with van der Waals surface area (Å²) in [5, 5.41) is 3.36. The fourth-order valence-corrected chi connectivity index (χ4v) is 5.33. The van der Waals surface area contributed by atoms with Crippen molar-refractivity contribution in [3.63, 3.8) is 0 Å². The van der Waals surface area contributed by atoms with Gasteiger partial charge in [0.25, 0.3) is 17.7 Å². The standard InChI is InChI=1S/C26H19BrN2O3S/c1-16-5-2-6-17(15-16)28(26(32)22-9-4-14-33-22)12-13-29-24(30)19-8-3-7-18-21(27)11-10-20(23(18)19)25(29)31/h2-11,14-15H,12-13H2,1H3. The fourth-order valence-electron chi connectivity index (χ4n) is 4.19. The van der Waals surface area contributed by atoms with Crippen LogP contribution in [0.2, 0.25) is 0 Å². The molecule has 2 heterocycles. The Morgan fingerprint density at radius 2 is 1.73 bits per heavy atom. The van der Waals surface area contributed by atoms with Crippen LogP contribution in [0.15, 0.2) is 76.6 Å². The maximum Gasteiger partial charge on any atom is 0.268 e. The van der Waals surface area contributed by atoms with Crippen molar-refractivity contribution in [1.82, 2.24) is 4.90 Å². The number of halogens is 1. The van der Waals surface area contributed by atoms with Gasteiger partial charge in [0, 0.05) is 39.8 Å². The van der Waals surface area contributed by atoms with E-state index in [0.717, 1.165) is 21.1 Å². The molecular weight excluding hydrogens is 500 g/mol. The molecule has 164 valence electrons. The zero-order valence-electron chi connectivity index (χ0n) is 17.7. The lowest BCUT2D eigenvalue weighted by Crippen LogP contribution is -2.45. The van der Waals surface area contributed by atoms with Gasteiger partial charge >= 0.3 is 0 Å². The molecule has 0 unspecified atom stereocenters. The summed E-state index contributed by atoms with van der Waals surface area (Å²) in [5.41, 5.74) is 2.75. The first kappa shape index (κ1) is 21.6. The molecule has 0 fully saturated rings. The summed E-state index contributed by atoms with van der Waals surface area (Å²) >= 11 is 4.88. The van der Waals surface area contributed by atoms with Gasteiger partial charge in [0.1, 0.15) is 0 Å². The summed E-state index contributed by atoms with van der Waals surface area (Å²) in [7, 11) is 0. The first-order valence-corrected chi connectivity index (χ1v) is 12.1. The largest absolute Gasteiger partial charge is 0.306 e. The van der Waals surface area contributed by atoms with Gasteiger partial charge in [-0.15, -0.1) is 11.3 Å². The third-order valence-electron chi connectivity index (χ3n) is 5.78. The Labute approximate surface area is 203 Å². The molecular formula is C26H19BrN2O3S. The molecule has 5 nitrogen and oxygen atoms in total. The lowest BCUT2D eigenvalue weighted by molar-refractivity contribution is 0.0611. The van der Waals surface area contributed by atoms with Crippen LogP contribution in [0.25, 0.3) is 10.8 Å². The molecule has 0 N–H and O–H groups in total. The number of anilines is 1. The molecule has 1 aromatic heterocycles. The van der Waals surface area contributed by atoms with Gasteiger partial charge < -0.3 is 4.90 Å². The first-order chi connectivity index (χ1) is 16.0. The molecule has 0 aliphatic carbocycles. The Morgan fingerprint density at radius 1 is 0.970 bits per heavy atom. The van der Waals surface area contributed by atoms with E-state index in [1.54, 1.807) is 23.1 Å². The SMILES string of the molecule is Cc1cccc(N(CCN2C(=O)c3cccc4c(Br)ccc(c34)C2=O)C(=O)c2cccs2)c1. The third kappa shape index (κ3) is 3.77. The molecule has 4 aromatic rings. The van der Waals surface area contributed by atoms with Crippen LogP contribution in [0.1, 0.15) is 36.0 Å². The quantitative estimate of drug-likeness (QED) is 0.308. The molecule has 1 aliphatic heterocycles. The van der Waals surface area contributed by atoms with E-state index in [2.05, 4.69) is 15.9 Å². The molecule has 0 saturated heterocycles. The molecule has 0 saturated carbocycles. The third-order valence-corrected chi connectivity index (χ3v) is 7.33. The van der Waals surface area contributed by atoms with Crippen LogP contribution >= 0.6 is 27.3 Å². The number of hydrogen-bond acceptors (Lipinski definition) is 4. The van der Waals surface area contributed by atoms with Crippen LogP contribution in [0.3, 0.4) is 0 Å². The second kappa shape index (κ2) is 8.57. The Balaban J connectivity index is 1.48. The van der Waals surface area contributed by atoms with Crippen molar-refractivity contribution < 1.29 is 14.4 Å². The topological polar surface area (TPSA) is 57.7 Å². The summed E-state index contributed by atoms with van der Waals surface area (Å²) in [6, 6.07) is 20.3. The molecule has 7 heteroatoms. The maximum absolute atomic E-state index is 13.3. The van der Waals surface area contributed by atoms with Gasteiger partial charge in [-0.1, -0.05) is 46.3 Å². The molecule has 33 heavy (non-hydrogen) atoms. The predicted molar refractivity (Wildman–Crippen MR) is 134 cm³/mol. The summed E-state index contributed by atoms with van der Waals surface area (Å²) < 4.78 is 0.837. The van der Waals surface area contributed by atoms with Crippen LogP contribution in [0.4, 0.5) is 5.69 Å². The predicted octanol–water partition coefficient (Wildman–Crippen LogP) is 5.92. The Kier molecular flexibility index (Phi) is 5.60. The summed E-state index contributed by atoms with van der Waals surface area (Å²) in [5.74, 6) is -0.841. The number of rotatable bonds is 5. The van der Waals surface area contributed by atoms with Crippen LogP contribution in [-0.2, 0) is 0 Å². The normalized spacial score (nSPS) is 13.0. The summed E-state index contributed by atoms with van der Waals surface area (Å²) in [4.78, 5) is 43.4. The average Bonchev–Trinajstić information content (AvgIpc) is 3.35. The van der Waals surface area contributed by atoms with Crippen molar-refractivity contribution in [3.05, 3.63) is 98.2 Å². The molecule has 0 atom stereocenters. The number of amides is 3. The van der Waals surface area contributed by atoms with Crippen molar-refractivity contribution in [3.8, 4) is 0 Å². The van der Waals surface area contributed by atoms with Crippen molar-refractivity contribution >= 4 is 61.4 Å². The minimum atomic E-state index is -0.344. The van der Waals surface area contributed by atoms with E-state index in [1.807, 2.05) is 60.8 Å². The van der Waals surface area contributed by atoms with Crippen LogP contribution in [0, 0.1) is 6.92 Å². The number of nitrogens with zero attached hydrogens (tertiary/aromatic N) is 2. The van der Waals surface area contributed by atoms with Crippen molar-refractivity contribution in [2.75, 3.05) is 18.0 Å². The molecule has 0 bridgehead atoms. The molecule has 1 aliphatic rings. The van der Waals surface area contributed by atoms with Gasteiger partial charge in [0.15, 0.2) is 0 Å². The summed E-state index contributed by atoms with van der Waals surface area (Å²) in [6.07, 6.45) is 0. The van der Waals surface area contributed by atoms with Crippen molar-refractivity contribution in [2.45, 2.75) is 6.92 Å². The second-order valence-corrected chi connectivity index (χ2v) is 9.66. The molecule has 3 aromatic carbocycles. The zero-order chi connectivity index (χ0) is 23.1. The van der Waals surface area contributed by atoms with Crippen LogP contribution in [0.5, 0.6) is 0 Å². The number of hydrogen-bond donors (Lipinski definition) is 0. The monoisotopic (exact) mass is 518 g/mol. The minimum absolute atomic E-state index is 0.0919. The molecule has 3 amide bonds. The van der Waals surface area contributed by atoms with E-state index < -0.39 is 0 Å². The van der Waals surface area contributed by atoms with Gasteiger partial charge in [-0.3, -0.25) is 19.3 Å². The highest BCUT2D eigenvalue weighted by Gasteiger charge is 2.33. The number of imide groups is 1. The van der Waals surface area contributed by atoms with E-state index in [-0.39, 0.29) is 30.8 Å². The smallest absolute Gasteiger partial charge is 0.268 e. The lowest BCUT2D eigenvalue weighted by atomic mass is 9.94. The highest BCUT2D eigenvalue weighted by atomic mass is 79.9. The number of aryl methyl sites for hydroxylation is 1. The van der Waals surface area contributed by atoms with Crippen molar-refractivity contribution in [1.29, 1.82) is 0 Å². The van der Waals surface area contributed by atoms with Gasteiger partial charge in [0.2, 0.25) is 0 Å². The first-order valence-electron chi connectivity index (χ1n) is 10.4. The Hall–Kier alpha value is -3.29. The van der Waals surface area contributed by atoms with Gasteiger partial charge in [0.05, 0.1) is 4.88 Å². The van der Waals surface area contributed by atoms with E-state index in [9.17, 15) is 14.4 Å². The fraction of sp³-hybridized carbons (Fsp3) is 0.115. The van der Waals surface area contributed by atoms with Crippen LogP contribution < -0.4 is 4.90 Å². The number of carbonyl (C=O) groups is 3. The van der Waals surface area contributed by atoms with E-state index in [1.165, 1.54) is 16.2 Å². The van der Waals surface area contributed by atoms with E-state index in [4.69, 9.17) is 0 Å². The Morgan fingerprint density at radius 3 is 2.45 bits per heavy atom. The van der Waals surface area contributed by atoms with Gasteiger partial charge in [-0.05, 0) is 59.7 Å². The molecule has 0 radical (unpaired) electrons. The highest BCUT2D eigenvalue weighted by Crippen LogP contribution is 2.34. The average molecular weight is 519 g/mol. The summed E-state index contributed by atoms with van der Waals surface area (Å²) in [6.45, 7) is 2.25. The van der Waals surface area contributed by atoms with Crippen LogP contribution in [-0.4, -0.2) is 35.7 Å². The number of thiophene rings is 1. The molecule has 5 rings (SSSR count). The minimum Gasteiger partial charge on any atom is -0.306 e. The zero-order valence-corrected chi connectivity index (χ0v) is 20.2. The number of benzene rings is 3. The maximum atomic E-state index is 13.3. The van der Waals surface area contributed by atoms with Gasteiger partial charge in [-0.25, -0.2) is 0 Å². The lowest BCUT2D eigenvalue weighted by Gasteiger charge is -2.30. The van der Waals surface area contributed by atoms with Crippen molar-refractivity contribution in [2.24, 2.45) is 0 Å².